The highest BCUT2D eigenvalue weighted by molar-refractivity contribution is 5.71. The Morgan fingerprint density at radius 1 is 0.328 bits per heavy atom. The Morgan fingerprint density at radius 2 is 0.639 bits per heavy atom. The summed E-state index contributed by atoms with van der Waals surface area (Å²) >= 11 is 0. The van der Waals surface area contributed by atoms with Crippen molar-refractivity contribution in [1.82, 2.24) is 0 Å². The molecule has 0 saturated carbocycles. The van der Waals surface area contributed by atoms with E-state index in [2.05, 4.69) is 57.2 Å². The third-order valence-electron chi connectivity index (χ3n) is 11.6. The molecule has 0 spiro atoms. The Morgan fingerprint density at radius 3 is 1.03 bits per heavy atom. The molecule has 0 bridgehead atoms. The molecule has 0 aliphatic heterocycles. The summed E-state index contributed by atoms with van der Waals surface area (Å²) in [6.07, 6.45) is 58.5. The van der Waals surface area contributed by atoms with Crippen LogP contribution in [0.15, 0.2) is 36.5 Å². The first-order valence-corrected chi connectivity index (χ1v) is 26.5. The fourth-order valence-electron chi connectivity index (χ4n) is 7.58. The Labute approximate surface area is 378 Å². The molecule has 0 fully saturated rings. The third kappa shape index (κ3) is 48.5. The average Bonchev–Trinajstić information content (AvgIpc) is 3.26. The van der Waals surface area contributed by atoms with E-state index in [4.69, 9.17) is 14.2 Å². The number of hydrogen-bond donors (Lipinski definition) is 0. The van der Waals surface area contributed by atoms with E-state index < -0.39 is 6.10 Å². The van der Waals surface area contributed by atoms with Crippen LogP contribution < -0.4 is 0 Å². The van der Waals surface area contributed by atoms with Gasteiger partial charge in [-0.25, -0.2) is 0 Å². The Kier molecular flexibility index (Phi) is 48.3. The second-order valence-corrected chi connectivity index (χ2v) is 17.8. The zero-order valence-electron chi connectivity index (χ0n) is 40.7. The van der Waals surface area contributed by atoms with Gasteiger partial charge in [0.2, 0.25) is 0 Å². The van der Waals surface area contributed by atoms with Crippen molar-refractivity contribution >= 4 is 17.9 Å². The molecule has 0 rings (SSSR count). The summed E-state index contributed by atoms with van der Waals surface area (Å²) in [6, 6.07) is 0. The predicted molar refractivity (Wildman–Crippen MR) is 261 cm³/mol. The molecule has 6 heteroatoms. The van der Waals surface area contributed by atoms with Crippen molar-refractivity contribution < 1.29 is 28.6 Å². The third-order valence-corrected chi connectivity index (χ3v) is 11.6. The van der Waals surface area contributed by atoms with Crippen LogP contribution in [0.5, 0.6) is 0 Å². The number of esters is 3. The number of rotatable bonds is 48. The number of allylic oxidation sites excluding steroid dienone is 6. The minimum absolute atomic E-state index is 0.0776. The second kappa shape index (κ2) is 50.3. The number of ether oxygens (including phenoxy) is 3. The van der Waals surface area contributed by atoms with Crippen LogP contribution >= 0.6 is 0 Å². The van der Waals surface area contributed by atoms with Gasteiger partial charge in [-0.05, 0) is 64.2 Å². The van der Waals surface area contributed by atoms with E-state index in [1.807, 2.05) is 0 Å². The van der Waals surface area contributed by atoms with Crippen LogP contribution in [-0.4, -0.2) is 37.2 Å². The highest BCUT2D eigenvalue weighted by Gasteiger charge is 2.19. The van der Waals surface area contributed by atoms with Gasteiger partial charge in [0, 0.05) is 19.3 Å². The monoisotopic (exact) mass is 857 g/mol. The summed E-state index contributed by atoms with van der Waals surface area (Å²) in [5, 5.41) is 0. The van der Waals surface area contributed by atoms with E-state index >= 15 is 0 Å². The highest BCUT2D eigenvalue weighted by atomic mass is 16.6. The quantitative estimate of drug-likeness (QED) is 0.0262. The van der Waals surface area contributed by atoms with Crippen molar-refractivity contribution in [3.05, 3.63) is 36.5 Å². The van der Waals surface area contributed by atoms with Gasteiger partial charge in [-0.3, -0.25) is 14.4 Å². The molecule has 0 heterocycles. The van der Waals surface area contributed by atoms with E-state index in [0.717, 1.165) is 96.3 Å². The number of carbonyl (C=O) groups excluding carboxylic acids is 3. The molecule has 0 aliphatic carbocycles. The molecule has 61 heavy (non-hydrogen) atoms. The topological polar surface area (TPSA) is 78.9 Å². The average molecular weight is 857 g/mol. The minimum Gasteiger partial charge on any atom is -0.462 e. The van der Waals surface area contributed by atoms with Crippen LogP contribution in [0.4, 0.5) is 0 Å². The molecule has 0 amide bonds. The van der Waals surface area contributed by atoms with Crippen molar-refractivity contribution in [2.45, 2.75) is 284 Å². The smallest absolute Gasteiger partial charge is 0.306 e. The lowest BCUT2D eigenvalue weighted by atomic mass is 10.0. The molecule has 1 unspecified atom stereocenters. The van der Waals surface area contributed by atoms with Crippen molar-refractivity contribution in [2.75, 3.05) is 13.2 Å². The summed E-state index contributed by atoms with van der Waals surface area (Å²) in [7, 11) is 0. The molecule has 6 nitrogen and oxygen atoms in total. The molecule has 1 atom stereocenters. The van der Waals surface area contributed by atoms with Crippen LogP contribution in [-0.2, 0) is 28.6 Å². The van der Waals surface area contributed by atoms with Crippen molar-refractivity contribution in [1.29, 1.82) is 0 Å². The lowest BCUT2D eigenvalue weighted by Gasteiger charge is -2.18. The molecule has 0 aliphatic rings. The predicted octanol–water partition coefficient (Wildman–Crippen LogP) is 17.3. The molecule has 0 radical (unpaired) electrons. The fraction of sp³-hybridized carbons (Fsp3) is 0.836. The van der Waals surface area contributed by atoms with Gasteiger partial charge in [-0.1, -0.05) is 231 Å². The van der Waals surface area contributed by atoms with E-state index in [9.17, 15) is 14.4 Å². The van der Waals surface area contributed by atoms with Gasteiger partial charge in [-0.2, -0.15) is 0 Å². The van der Waals surface area contributed by atoms with E-state index in [-0.39, 0.29) is 31.1 Å². The van der Waals surface area contributed by atoms with Crippen LogP contribution in [0, 0.1) is 0 Å². The molecule has 0 aromatic rings. The van der Waals surface area contributed by atoms with Crippen molar-refractivity contribution in [2.24, 2.45) is 0 Å². The van der Waals surface area contributed by atoms with Gasteiger partial charge in [0.1, 0.15) is 13.2 Å². The maximum absolute atomic E-state index is 12.8. The van der Waals surface area contributed by atoms with Gasteiger partial charge in [0.05, 0.1) is 0 Å². The molecule has 0 aromatic carbocycles. The van der Waals surface area contributed by atoms with Crippen LogP contribution in [0.2, 0.25) is 0 Å². The van der Waals surface area contributed by atoms with E-state index in [1.165, 1.54) is 141 Å². The van der Waals surface area contributed by atoms with Gasteiger partial charge in [-0.15, -0.1) is 0 Å². The summed E-state index contributed by atoms with van der Waals surface area (Å²) < 4.78 is 16.8. The molecule has 356 valence electrons. The van der Waals surface area contributed by atoms with Gasteiger partial charge >= 0.3 is 17.9 Å². The van der Waals surface area contributed by atoms with Crippen LogP contribution in [0.25, 0.3) is 0 Å². The summed E-state index contributed by atoms with van der Waals surface area (Å²) in [5.41, 5.74) is 0. The fourth-order valence-corrected chi connectivity index (χ4v) is 7.58. The lowest BCUT2D eigenvalue weighted by Crippen LogP contribution is -2.30. The molecular weight excluding hydrogens is 757 g/mol. The van der Waals surface area contributed by atoms with Crippen molar-refractivity contribution in [3.8, 4) is 0 Å². The highest BCUT2D eigenvalue weighted by Crippen LogP contribution is 2.16. The van der Waals surface area contributed by atoms with Gasteiger partial charge < -0.3 is 14.2 Å². The zero-order chi connectivity index (χ0) is 44.4. The van der Waals surface area contributed by atoms with Crippen LogP contribution in [0.1, 0.15) is 278 Å². The maximum Gasteiger partial charge on any atom is 0.306 e. The summed E-state index contributed by atoms with van der Waals surface area (Å²) in [6.45, 7) is 6.54. The SMILES string of the molecule is CCC/C=C\CCCCCCCC(=O)OCC(COC(=O)CCCCCCCCCCCCCCCCCCCCC)OC(=O)CCCCCCC/C=C\C/C=C\CCCC. The Balaban J connectivity index is 4.29. The number of hydrogen-bond acceptors (Lipinski definition) is 6. The van der Waals surface area contributed by atoms with Gasteiger partial charge in [0.25, 0.3) is 0 Å². The first-order valence-electron chi connectivity index (χ1n) is 26.5. The first kappa shape index (κ1) is 58.6. The molecule has 0 saturated heterocycles. The Bertz CT molecular complexity index is 1030. The number of unbranched alkanes of at least 4 members (excludes halogenated alkanes) is 31. The molecule has 0 aromatic heterocycles. The normalized spacial score (nSPS) is 12.2. The van der Waals surface area contributed by atoms with Gasteiger partial charge in [0.15, 0.2) is 6.10 Å². The summed E-state index contributed by atoms with van der Waals surface area (Å²) in [4.78, 5) is 37.9. The first-order chi connectivity index (χ1) is 30.0. The maximum atomic E-state index is 12.8. The number of carbonyl (C=O) groups is 3. The minimum atomic E-state index is -0.778. The summed E-state index contributed by atoms with van der Waals surface area (Å²) in [5.74, 6) is -0.893. The van der Waals surface area contributed by atoms with E-state index in [0.29, 0.717) is 19.3 Å². The molecule has 0 N–H and O–H groups in total. The largest absolute Gasteiger partial charge is 0.462 e. The molecular formula is C55H100O6. The van der Waals surface area contributed by atoms with Crippen molar-refractivity contribution in [3.63, 3.8) is 0 Å². The van der Waals surface area contributed by atoms with E-state index in [1.54, 1.807) is 0 Å². The van der Waals surface area contributed by atoms with Crippen LogP contribution in [0.3, 0.4) is 0 Å². The Hall–Kier alpha value is -2.37. The lowest BCUT2D eigenvalue weighted by molar-refractivity contribution is -0.167. The zero-order valence-corrected chi connectivity index (χ0v) is 40.7. The standard InChI is InChI=1S/C55H100O6/c1-4-7-10-13-16-19-22-24-26-27-28-29-30-32-33-36-39-42-45-48-54(57)60-51-52(50-59-53(56)47-44-41-38-35-21-18-15-12-9-6-3)61-55(58)49-46-43-40-37-34-31-25-23-20-17-14-11-8-5-2/h12,14-15,17,23,25,52H,4-11,13,16,18-22,24,26-51H2,1-3H3/b15-12-,17-14-,25-23-. The second-order valence-electron chi connectivity index (χ2n) is 17.8.